The van der Waals surface area contributed by atoms with E-state index in [4.69, 9.17) is 9.47 Å². The fourth-order valence-electron chi connectivity index (χ4n) is 2.46. The van der Waals surface area contributed by atoms with Crippen LogP contribution in [0, 0.1) is 5.92 Å². The highest BCUT2D eigenvalue weighted by atomic mass is 16.5. The Morgan fingerprint density at radius 1 is 0.889 bits per heavy atom. The molecule has 0 fully saturated rings. The summed E-state index contributed by atoms with van der Waals surface area (Å²) in [6.07, 6.45) is 0.947. The van der Waals surface area contributed by atoms with E-state index < -0.39 is 0 Å². The van der Waals surface area contributed by atoms with Gasteiger partial charge in [-0.05, 0) is 39.7 Å². The lowest BCUT2D eigenvalue weighted by molar-refractivity contribution is -0.125. The second kappa shape index (κ2) is 5.85. The highest BCUT2D eigenvalue weighted by Crippen LogP contribution is 2.35. The van der Waals surface area contributed by atoms with E-state index in [2.05, 4.69) is 52.0 Å². The minimum Gasteiger partial charge on any atom is -0.378 e. The second-order valence-corrected chi connectivity index (χ2v) is 5.86. The fourth-order valence-corrected chi connectivity index (χ4v) is 2.46. The van der Waals surface area contributed by atoms with Crippen molar-refractivity contribution < 1.29 is 9.47 Å². The van der Waals surface area contributed by atoms with Gasteiger partial charge in [0, 0.05) is 20.1 Å². The first-order valence-electron chi connectivity index (χ1n) is 6.47. The first-order valence-corrected chi connectivity index (χ1v) is 6.47. The molecule has 0 unspecified atom stereocenters. The summed E-state index contributed by atoms with van der Waals surface area (Å²) in [5, 5.41) is 0. The molecule has 1 aromatic carbocycles. The SMILES string of the molecule is COC(C)(C)C(Cc1ccccc1)C(C)(C)OC. The van der Waals surface area contributed by atoms with E-state index in [1.165, 1.54) is 5.56 Å². The van der Waals surface area contributed by atoms with Crippen LogP contribution in [0.4, 0.5) is 0 Å². The number of benzene rings is 1. The molecule has 0 saturated heterocycles. The van der Waals surface area contributed by atoms with Crippen molar-refractivity contribution >= 4 is 0 Å². The van der Waals surface area contributed by atoms with E-state index in [0.717, 1.165) is 6.42 Å². The number of methoxy groups -OCH3 is 2. The Kier molecular flexibility index (Phi) is 4.94. The average molecular weight is 250 g/mol. The van der Waals surface area contributed by atoms with Crippen molar-refractivity contribution in [2.45, 2.75) is 45.3 Å². The van der Waals surface area contributed by atoms with Gasteiger partial charge in [-0.1, -0.05) is 30.3 Å². The highest BCUT2D eigenvalue weighted by Gasteiger charge is 2.41. The lowest BCUT2D eigenvalue weighted by Crippen LogP contribution is -2.48. The quantitative estimate of drug-likeness (QED) is 0.766. The van der Waals surface area contributed by atoms with Crippen LogP contribution < -0.4 is 0 Å². The van der Waals surface area contributed by atoms with Crippen LogP contribution in [0.2, 0.25) is 0 Å². The minimum atomic E-state index is -0.227. The molecule has 0 spiro atoms. The van der Waals surface area contributed by atoms with Crippen molar-refractivity contribution in [3.63, 3.8) is 0 Å². The Hall–Kier alpha value is -0.860. The molecule has 0 atom stereocenters. The van der Waals surface area contributed by atoms with Gasteiger partial charge in [-0.2, -0.15) is 0 Å². The van der Waals surface area contributed by atoms with Crippen LogP contribution in [-0.2, 0) is 15.9 Å². The predicted molar refractivity (Wildman–Crippen MR) is 75.8 cm³/mol. The van der Waals surface area contributed by atoms with Crippen LogP contribution in [0.15, 0.2) is 30.3 Å². The maximum absolute atomic E-state index is 5.68. The Balaban J connectivity index is 2.99. The Morgan fingerprint density at radius 2 is 1.33 bits per heavy atom. The van der Waals surface area contributed by atoms with Crippen molar-refractivity contribution in [2.75, 3.05) is 14.2 Å². The second-order valence-electron chi connectivity index (χ2n) is 5.86. The molecule has 1 rings (SSSR count). The van der Waals surface area contributed by atoms with Crippen LogP contribution in [0.1, 0.15) is 33.3 Å². The molecule has 0 aliphatic heterocycles. The first-order chi connectivity index (χ1) is 8.33. The molecule has 0 aliphatic carbocycles. The summed E-state index contributed by atoms with van der Waals surface area (Å²) < 4.78 is 11.4. The summed E-state index contributed by atoms with van der Waals surface area (Å²) >= 11 is 0. The number of ether oxygens (including phenoxy) is 2. The van der Waals surface area contributed by atoms with Gasteiger partial charge in [0.1, 0.15) is 0 Å². The van der Waals surface area contributed by atoms with E-state index >= 15 is 0 Å². The molecule has 2 nitrogen and oxygen atoms in total. The largest absolute Gasteiger partial charge is 0.378 e. The molecule has 0 aromatic heterocycles. The topological polar surface area (TPSA) is 18.5 Å². The average Bonchev–Trinajstić information content (AvgIpc) is 2.37. The standard InChI is InChI=1S/C16H26O2/c1-15(2,17-5)14(16(3,4)18-6)12-13-10-8-7-9-11-13/h7-11,14H,12H2,1-6H3. The van der Waals surface area contributed by atoms with Gasteiger partial charge in [0.05, 0.1) is 11.2 Å². The molecular weight excluding hydrogens is 224 g/mol. The van der Waals surface area contributed by atoms with Gasteiger partial charge in [0.2, 0.25) is 0 Å². The minimum absolute atomic E-state index is 0.227. The molecule has 2 heteroatoms. The monoisotopic (exact) mass is 250 g/mol. The maximum atomic E-state index is 5.68. The molecule has 0 bridgehead atoms. The Morgan fingerprint density at radius 3 is 1.72 bits per heavy atom. The molecule has 18 heavy (non-hydrogen) atoms. The molecule has 0 aliphatic rings. The van der Waals surface area contributed by atoms with Gasteiger partial charge < -0.3 is 9.47 Å². The Bertz CT molecular complexity index is 339. The van der Waals surface area contributed by atoms with Crippen molar-refractivity contribution in [3.05, 3.63) is 35.9 Å². The van der Waals surface area contributed by atoms with Crippen molar-refractivity contribution in [3.8, 4) is 0 Å². The van der Waals surface area contributed by atoms with Gasteiger partial charge in [0.15, 0.2) is 0 Å². The smallest absolute Gasteiger partial charge is 0.0681 e. The molecule has 0 heterocycles. The summed E-state index contributed by atoms with van der Waals surface area (Å²) in [4.78, 5) is 0. The molecule has 102 valence electrons. The van der Waals surface area contributed by atoms with Gasteiger partial charge in [0.25, 0.3) is 0 Å². The number of hydrogen-bond donors (Lipinski definition) is 0. The van der Waals surface area contributed by atoms with Crippen LogP contribution >= 0.6 is 0 Å². The molecule has 0 radical (unpaired) electrons. The van der Waals surface area contributed by atoms with Gasteiger partial charge in [-0.15, -0.1) is 0 Å². The maximum Gasteiger partial charge on any atom is 0.0681 e. The van der Waals surface area contributed by atoms with E-state index in [0.29, 0.717) is 0 Å². The fraction of sp³-hybridized carbons (Fsp3) is 0.625. The van der Waals surface area contributed by atoms with Crippen LogP contribution in [0.25, 0.3) is 0 Å². The molecule has 1 aromatic rings. The molecule has 0 amide bonds. The third-order valence-electron chi connectivity index (χ3n) is 4.01. The lowest BCUT2D eigenvalue weighted by Gasteiger charge is -2.43. The highest BCUT2D eigenvalue weighted by molar-refractivity contribution is 5.17. The predicted octanol–water partition coefficient (Wildman–Crippen LogP) is 3.70. The molecule has 0 saturated carbocycles. The van der Waals surface area contributed by atoms with Gasteiger partial charge in [-0.25, -0.2) is 0 Å². The van der Waals surface area contributed by atoms with Gasteiger partial charge >= 0.3 is 0 Å². The molecular formula is C16H26O2. The zero-order valence-electron chi connectivity index (χ0n) is 12.5. The van der Waals surface area contributed by atoms with Crippen molar-refractivity contribution in [1.82, 2.24) is 0 Å². The van der Waals surface area contributed by atoms with Crippen LogP contribution in [0.5, 0.6) is 0 Å². The van der Waals surface area contributed by atoms with Crippen LogP contribution in [0.3, 0.4) is 0 Å². The summed E-state index contributed by atoms with van der Waals surface area (Å²) in [6.45, 7) is 8.51. The van der Waals surface area contributed by atoms with Crippen molar-refractivity contribution in [2.24, 2.45) is 5.92 Å². The summed E-state index contributed by atoms with van der Waals surface area (Å²) in [6, 6.07) is 10.5. The molecule has 0 N–H and O–H groups in total. The van der Waals surface area contributed by atoms with Crippen molar-refractivity contribution in [1.29, 1.82) is 0 Å². The first kappa shape index (κ1) is 15.2. The Labute approximate surface area is 111 Å². The zero-order valence-corrected chi connectivity index (χ0v) is 12.5. The summed E-state index contributed by atoms with van der Waals surface area (Å²) in [5.41, 5.74) is 0.864. The zero-order chi connectivity index (χ0) is 13.8. The third kappa shape index (κ3) is 3.56. The third-order valence-corrected chi connectivity index (χ3v) is 4.01. The van der Waals surface area contributed by atoms with E-state index in [1.54, 1.807) is 14.2 Å². The van der Waals surface area contributed by atoms with E-state index in [9.17, 15) is 0 Å². The summed E-state index contributed by atoms with van der Waals surface area (Å²) in [5.74, 6) is 0.280. The van der Waals surface area contributed by atoms with Crippen LogP contribution in [-0.4, -0.2) is 25.4 Å². The lowest BCUT2D eigenvalue weighted by atomic mass is 9.75. The van der Waals surface area contributed by atoms with E-state index in [-0.39, 0.29) is 17.1 Å². The van der Waals surface area contributed by atoms with Gasteiger partial charge in [-0.3, -0.25) is 0 Å². The van der Waals surface area contributed by atoms with E-state index in [1.807, 2.05) is 6.07 Å². The summed E-state index contributed by atoms with van der Waals surface area (Å²) in [7, 11) is 3.54. The number of rotatable bonds is 6. The normalized spacial score (nSPS) is 13.1. The number of hydrogen-bond acceptors (Lipinski definition) is 2.